The average Bonchev–Trinajstić information content (AvgIpc) is 2.71. The second kappa shape index (κ2) is 23.5. The average molecular weight is 447 g/mol. The quantitative estimate of drug-likeness (QED) is 0.116. The summed E-state index contributed by atoms with van der Waals surface area (Å²) in [6.07, 6.45) is 22.4. The van der Waals surface area contributed by atoms with Gasteiger partial charge in [-0.1, -0.05) is 117 Å². The van der Waals surface area contributed by atoms with Crippen molar-refractivity contribution in [3.8, 4) is 0 Å². The third kappa shape index (κ3) is 26.8. The predicted molar refractivity (Wildman–Crippen MR) is 126 cm³/mol. The lowest BCUT2D eigenvalue weighted by Crippen LogP contribution is -2.37. The number of carboxylic acids is 2. The van der Waals surface area contributed by atoms with Crippen molar-refractivity contribution < 1.29 is 30.0 Å². The van der Waals surface area contributed by atoms with E-state index >= 15 is 0 Å². The summed E-state index contributed by atoms with van der Waals surface area (Å²) >= 11 is 0. The number of carboxylic acid groups (broad SMARTS) is 2. The Morgan fingerprint density at radius 1 is 0.548 bits per heavy atom. The lowest BCUT2D eigenvalue weighted by Gasteiger charge is -2.15. The molecule has 0 spiro atoms. The molecule has 31 heavy (non-hydrogen) atoms. The monoisotopic (exact) mass is 446 g/mol. The van der Waals surface area contributed by atoms with Gasteiger partial charge >= 0.3 is 11.9 Å². The summed E-state index contributed by atoms with van der Waals surface area (Å²) in [6, 6.07) is 0. The highest BCUT2D eigenvalue weighted by atomic mass is 16.5. The van der Waals surface area contributed by atoms with Crippen molar-refractivity contribution in [2.45, 2.75) is 148 Å². The molecule has 186 valence electrons. The van der Waals surface area contributed by atoms with E-state index in [0.29, 0.717) is 12.8 Å². The van der Waals surface area contributed by atoms with Gasteiger partial charge in [0.1, 0.15) is 0 Å². The van der Waals surface area contributed by atoms with E-state index < -0.39 is 17.7 Å². The standard InChI is InChI=1S/C18H36O2.C7H14O4/c1-2-3-4-5-6-7-8-9-10-11-12-13-14-15-16-17-18(19)20;1-2-3-4-5-7(10,11)6(8)9/h2-17H2,1H3,(H,19,20);10-11H,2-5H2,1H3,(H,8,9). The molecule has 0 atom stereocenters. The van der Waals surface area contributed by atoms with Crippen LogP contribution < -0.4 is 0 Å². The second-order valence-corrected chi connectivity index (χ2v) is 8.67. The molecule has 0 amide bonds. The Morgan fingerprint density at radius 3 is 1.19 bits per heavy atom. The molecule has 0 bridgehead atoms. The van der Waals surface area contributed by atoms with Crippen LogP contribution in [0.1, 0.15) is 142 Å². The van der Waals surface area contributed by atoms with Crippen LogP contribution in [0.3, 0.4) is 0 Å². The molecule has 0 rings (SSSR count). The van der Waals surface area contributed by atoms with E-state index in [1.54, 1.807) is 0 Å². The van der Waals surface area contributed by atoms with Gasteiger partial charge in [-0.3, -0.25) is 4.79 Å². The summed E-state index contributed by atoms with van der Waals surface area (Å²) in [6.45, 7) is 4.23. The highest BCUT2D eigenvalue weighted by Crippen LogP contribution is 2.14. The Morgan fingerprint density at radius 2 is 0.871 bits per heavy atom. The van der Waals surface area contributed by atoms with Crippen molar-refractivity contribution >= 4 is 11.9 Å². The van der Waals surface area contributed by atoms with E-state index in [9.17, 15) is 9.59 Å². The molecule has 0 saturated carbocycles. The van der Waals surface area contributed by atoms with Gasteiger partial charge in [0.2, 0.25) is 0 Å². The van der Waals surface area contributed by atoms with E-state index in [2.05, 4.69) is 6.92 Å². The maximum Gasteiger partial charge on any atom is 0.364 e. The van der Waals surface area contributed by atoms with Crippen LogP contribution in [0.15, 0.2) is 0 Å². The summed E-state index contributed by atoms with van der Waals surface area (Å²) in [5.41, 5.74) is 0. The molecule has 6 nitrogen and oxygen atoms in total. The minimum Gasteiger partial charge on any atom is -0.481 e. The lowest BCUT2D eigenvalue weighted by atomic mass is 10.0. The largest absolute Gasteiger partial charge is 0.481 e. The molecule has 0 unspecified atom stereocenters. The van der Waals surface area contributed by atoms with Gasteiger partial charge in [0.25, 0.3) is 5.79 Å². The predicted octanol–water partition coefficient (Wildman–Crippen LogP) is 6.66. The minimum absolute atomic E-state index is 0.101. The number of aliphatic carboxylic acids is 2. The Kier molecular flexibility index (Phi) is 24.3. The molecule has 0 fully saturated rings. The first kappa shape index (κ1) is 32.0. The molecule has 0 aliphatic rings. The fraction of sp³-hybridized carbons (Fsp3) is 0.920. The molecule has 0 aromatic rings. The van der Waals surface area contributed by atoms with Crippen molar-refractivity contribution in [2.24, 2.45) is 0 Å². The third-order valence-electron chi connectivity index (χ3n) is 5.47. The van der Waals surface area contributed by atoms with Crippen molar-refractivity contribution in [3.05, 3.63) is 0 Å². The highest BCUT2D eigenvalue weighted by Gasteiger charge is 2.31. The Hall–Kier alpha value is -1.14. The Labute approximate surface area is 190 Å². The zero-order valence-electron chi connectivity index (χ0n) is 20.2. The number of hydrogen-bond acceptors (Lipinski definition) is 4. The molecule has 0 heterocycles. The number of carbonyl (C=O) groups is 2. The molecule has 0 aromatic carbocycles. The molecule has 6 heteroatoms. The zero-order chi connectivity index (χ0) is 23.8. The van der Waals surface area contributed by atoms with Crippen molar-refractivity contribution in [3.63, 3.8) is 0 Å². The van der Waals surface area contributed by atoms with E-state index in [1.807, 2.05) is 6.92 Å². The van der Waals surface area contributed by atoms with Crippen LogP contribution in [-0.2, 0) is 9.59 Å². The number of unbranched alkanes of at least 4 members (excludes halogenated alkanes) is 16. The first-order valence-electron chi connectivity index (χ1n) is 12.7. The maximum atomic E-state index is 10.3. The topological polar surface area (TPSA) is 115 Å². The fourth-order valence-corrected chi connectivity index (χ4v) is 3.38. The summed E-state index contributed by atoms with van der Waals surface area (Å²) in [7, 11) is 0. The van der Waals surface area contributed by atoms with E-state index in [0.717, 1.165) is 25.7 Å². The molecule has 4 N–H and O–H groups in total. The van der Waals surface area contributed by atoms with Gasteiger partial charge in [-0.2, -0.15) is 0 Å². The van der Waals surface area contributed by atoms with Crippen LogP contribution in [0.4, 0.5) is 0 Å². The maximum absolute atomic E-state index is 10.3. The second-order valence-electron chi connectivity index (χ2n) is 8.67. The van der Waals surface area contributed by atoms with Crippen molar-refractivity contribution in [2.75, 3.05) is 0 Å². The SMILES string of the molecule is CCCCCC(O)(O)C(=O)O.CCCCCCCCCCCCCCCCCC(=O)O. The number of hydrogen-bond donors (Lipinski definition) is 4. The number of rotatable bonds is 21. The van der Waals surface area contributed by atoms with Crippen LogP contribution in [0.25, 0.3) is 0 Å². The smallest absolute Gasteiger partial charge is 0.364 e. The van der Waals surface area contributed by atoms with Gasteiger partial charge < -0.3 is 20.4 Å². The third-order valence-corrected chi connectivity index (χ3v) is 5.47. The van der Waals surface area contributed by atoms with Crippen LogP contribution >= 0.6 is 0 Å². The van der Waals surface area contributed by atoms with Crippen LogP contribution in [0.5, 0.6) is 0 Å². The Bertz CT molecular complexity index is 409. The molecule has 0 radical (unpaired) electrons. The normalized spacial score (nSPS) is 11.1. The van der Waals surface area contributed by atoms with Gasteiger partial charge in [0.15, 0.2) is 0 Å². The summed E-state index contributed by atoms with van der Waals surface area (Å²) in [4.78, 5) is 20.4. The minimum atomic E-state index is -2.53. The van der Waals surface area contributed by atoms with E-state index in [4.69, 9.17) is 20.4 Å². The first-order chi connectivity index (χ1) is 14.8. The molecule has 0 aromatic heterocycles. The van der Waals surface area contributed by atoms with Gasteiger partial charge in [-0.25, -0.2) is 4.79 Å². The summed E-state index contributed by atoms with van der Waals surface area (Å²) < 4.78 is 0. The lowest BCUT2D eigenvalue weighted by molar-refractivity contribution is -0.205. The zero-order valence-corrected chi connectivity index (χ0v) is 20.2. The van der Waals surface area contributed by atoms with Crippen molar-refractivity contribution in [1.82, 2.24) is 0 Å². The first-order valence-corrected chi connectivity index (χ1v) is 12.7. The van der Waals surface area contributed by atoms with Crippen molar-refractivity contribution in [1.29, 1.82) is 0 Å². The van der Waals surface area contributed by atoms with Gasteiger partial charge in [0.05, 0.1) is 0 Å². The van der Waals surface area contributed by atoms with E-state index in [1.165, 1.54) is 83.5 Å². The highest BCUT2D eigenvalue weighted by molar-refractivity contribution is 5.74. The molecular weight excluding hydrogens is 396 g/mol. The summed E-state index contributed by atoms with van der Waals surface area (Å²) in [5, 5.41) is 34.3. The molecule has 0 saturated heterocycles. The fourth-order valence-electron chi connectivity index (χ4n) is 3.38. The van der Waals surface area contributed by atoms with Crippen LogP contribution in [0.2, 0.25) is 0 Å². The summed E-state index contributed by atoms with van der Waals surface area (Å²) in [5.74, 6) is -4.76. The van der Waals surface area contributed by atoms with Gasteiger partial charge in [-0.15, -0.1) is 0 Å². The van der Waals surface area contributed by atoms with E-state index in [-0.39, 0.29) is 6.42 Å². The molecular formula is C25H50O6. The molecule has 0 aliphatic carbocycles. The van der Waals surface area contributed by atoms with Crippen LogP contribution in [-0.4, -0.2) is 38.2 Å². The van der Waals surface area contributed by atoms with Crippen LogP contribution in [0, 0.1) is 0 Å². The Balaban J connectivity index is 0. The molecule has 0 aliphatic heterocycles. The van der Waals surface area contributed by atoms with Gasteiger partial charge in [-0.05, 0) is 12.8 Å². The number of aliphatic hydroxyl groups is 2. The van der Waals surface area contributed by atoms with Gasteiger partial charge in [0, 0.05) is 12.8 Å².